The van der Waals surface area contributed by atoms with Crippen LogP contribution in [0.5, 0.6) is 0 Å². The zero-order valence-corrected chi connectivity index (χ0v) is 18.0. The van der Waals surface area contributed by atoms with E-state index in [4.69, 9.17) is 5.73 Å². The quantitative estimate of drug-likeness (QED) is 0.668. The molecular formula is C20H43N3O. The Kier molecular flexibility index (Phi) is 7.97. The monoisotopic (exact) mass is 341 g/mol. The van der Waals surface area contributed by atoms with Crippen LogP contribution in [0.15, 0.2) is 0 Å². The van der Waals surface area contributed by atoms with Crippen molar-refractivity contribution in [2.24, 2.45) is 11.1 Å². The Balaban J connectivity index is 4.87. The van der Waals surface area contributed by atoms with Crippen LogP contribution in [0.3, 0.4) is 0 Å². The molecule has 0 unspecified atom stereocenters. The van der Waals surface area contributed by atoms with Gasteiger partial charge in [-0.3, -0.25) is 4.79 Å². The molecule has 1 amide bonds. The number of nitrogens with zero attached hydrogens (tertiary/aromatic N) is 1. The van der Waals surface area contributed by atoms with E-state index in [1.54, 1.807) is 6.92 Å². The predicted octanol–water partition coefficient (Wildman–Crippen LogP) is 3.94. The highest BCUT2D eigenvalue weighted by Gasteiger charge is 2.35. The van der Waals surface area contributed by atoms with Gasteiger partial charge in [0.05, 0.1) is 0 Å². The van der Waals surface area contributed by atoms with Gasteiger partial charge in [0.15, 0.2) is 0 Å². The smallest absolute Gasteiger partial charge is 0.219 e. The Labute approximate surface area is 150 Å². The molecule has 0 saturated heterocycles. The first-order valence-electron chi connectivity index (χ1n) is 9.27. The molecule has 0 aliphatic heterocycles. The van der Waals surface area contributed by atoms with Gasteiger partial charge >= 0.3 is 0 Å². The maximum Gasteiger partial charge on any atom is 0.219 e. The van der Waals surface area contributed by atoms with Crippen LogP contribution in [0.4, 0.5) is 0 Å². The van der Waals surface area contributed by atoms with Crippen molar-refractivity contribution >= 4 is 5.91 Å². The third-order valence-corrected chi connectivity index (χ3v) is 4.46. The van der Waals surface area contributed by atoms with Crippen molar-refractivity contribution in [3.8, 4) is 0 Å². The first-order valence-corrected chi connectivity index (χ1v) is 9.27. The highest BCUT2D eigenvalue weighted by atomic mass is 16.2. The van der Waals surface area contributed by atoms with Crippen molar-refractivity contribution in [2.45, 2.75) is 105 Å². The summed E-state index contributed by atoms with van der Waals surface area (Å²) in [6, 6.07) is 0. The predicted molar refractivity (Wildman–Crippen MR) is 105 cm³/mol. The SMILES string of the molecule is CC(=O)N(CCC(C)(C)N)C(C)(C)CC(C)(C)CCNC(C)(C)C. The van der Waals surface area contributed by atoms with E-state index in [-0.39, 0.29) is 27.9 Å². The topological polar surface area (TPSA) is 58.4 Å². The van der Waals surface area contributed by atoms with E-state index in [0.29, 0.717) is 6.54 Å². The summed E-state index contributed by atoms with van der Waals surface area (Å²) < 4.78 is 0. The maximum atomic E-state index is 12.2. The van der Waals surface area contributed by atoms with Crippen LogP contribution >= 0.6 is 0 Å². The summed E-state index contributed by atoms with van der Waals surface area (Å²) in [5.74, 6) is 0.132. The number of amides is 1. The summed E-state index contributed by atoms with van der Waals surface area (Å²) in [7, 11) is 0. The van der Waals surface area contributed by atoms with Crippen molar-refractivity contribution in [1.29, 1.82) is 0 Å². The zero-order chi connectivity index (χ0) is 19.4. The molecule has 0 radical (unpaired) electrons. The maximum absolute atomic E-state index is 12.2. The van der Waals surface area contributed by atoms with Gasteiger partial charge in [0.25, 0.3) is 0 Å². The minimum atomic E-state index is -0.254. The summed E-state index contributed by atoms with van der Waals surface area (Å²) in [6.45, 7) is 22.9. The van der Waals surface area contributed by atoms with Crippen LogP contribution in [0.2, 0.25) is 0 Å². The first kappa shape index (κ1) is 23.4. The molecule has 24 heavy (non-hydrogen) atoms. The Bertz CT molecular complexity index is 400. The minimum Gasteiger partial charge on any atom is -0.338 e. The second kappa shape index (κ2) is 8.18. The third-order valence-electron chi connectivity index (χ3n) is 4.46. The molecule has 0 saturated carbocycles. The van der Waals surface area contributed by atoms with E-state index in [1.165, 1.54) is 0 Å². The van der Waals surface area contributed by atoms with Gasteiger partial charge in [-0.1, -0.05) is 13.8 Å². The van der Waals surface area contributed by atoms with Gasteiger partial charge in [0.2, 0.25) is 5.91 Å². The van der Waals surface area contributed by atoms with E-state index < -0.39 is 0 Å². The van der Waals surface area contributed by atoms with Crippen molar-refractivity contribution in [1.82, 2.24) is 10.2 Å². The fraction of sp³-hybridized carbons (Fsp3) is 0.950. The molecule has 0 aliphatic rings. The highest BCUT2D eigenvalue weighted by molar-refractivity contribution is 5.74. The fourth-order valence-corrected chi connectivity index (χ4v) is 3.42. The van der Waals surface area contributed by atoms with E-state index in [2.05, 4.69) is 53.8 Å². The van der Waals surface area contributed by atoms with Gasteiger partial charge in [-0.2, -0.15) is 0 Å². The van der Waals surface area contributed by atoms with Crippen molar-refractivity contribution in [3.63, 3.8) is 0 Å². The lowest BCUT2D eigenvalue weighted by atomic mass is 9.76. The Hall–Kier alpha value is -0.610. The summed E-state index contributed by atoms with van der Waals surface area (Å²) in [5, 5.41) is 3.56. The molecule has 0 aromatic rings. The van der Waals surface area contributed by atoms with Gasteiger partial charge < -0.3 is 16.0 Å². The number of nitrogens with one attached hydrogen (secondary N) is 1. The number of carbonyl (C=O) groups is 1. The van der Waals surface area contributed by atoms with Gasteiger partial charge in [0, 0.05) is 30.1 Å². The third kappa shape index (κ3) is 10.3. The zero-order valence-electron chi connectivity index (χ0n) is 18.0. The largest absolute Gasteiger partial charge is 0.338 e. The molecular weight excluding hydrogens is 298 g/mol. The van der Waals surface area contributed by atoms with Gasteiger partial charge in [-0.15, -0.1) is 0 Å². The van der Waals surface area contributed by atoms with E-state index in [9.17, 15) is 4.79 Å². The van der Waals surface area contributed by atoms with Crippen LogP contribution in [0, 0.1) is 5.41 Å². The summed E-state index contributed by atoms with van der Waals surface area (Å²) in [5.41, 5.74) is 5.99. The second-order valence-electron chi connectivity index (χ2n) is 10.5. The van der Waals surface area contributed by atoms with Crippen LogP contribution in [0.1, 0.15) is 88.5 Å². The second-order valence-corrected chi connectivity index (χ2v) is 10.5. The number of nitrogens with two attached hydrogens (primary N) is 1. The Morgan fingerprint density at radius 3 is 1.83 bits per heavy atom. The Morgan fingerprint density at radius 2 is 1.46 bits per heavy atom. The van der Waals surface area contributed by atoms with Crippen molar-refractivity contribution in [3.05, 3.63) is 0 Å². The molecule has 4 nitrogen and oxygen atoms in total. The van der Waals surface area contributed by atoms with Crippen LogP contribution in [-0.2, 0) is 4.79 Å². The molecule has 144 valence electrons. The van der Waals surface area contributed by atoms with Crippen LogP contribution in [0.25, 0.3) is 0 Å². The fourth-order valence-electron chi connectivity index (χ4n) is 3.42. The lowest BCUT2D eigenvalue weighted by Gasteiger charge is -2.44. The standard InChI is InChI=1S/C20H43N3O/c1-16(24)23(14-12-19(7,8)21)20(9,10)15-18(5,6)11-13-22-17(2,3)4/h22H,11-15,21H2,1-10H3. The van der Waals surface area contributed by atoms with Crippen LogP contribution < -0.4 is 11.1 Å². The molecule has 0 spiro atoms. The van der Waals surface area contributed by atoms with Crippen molar-refractivity contribution in [2.75, 3.05) is 13.1 Å². The van der Waals surface area contributed by atoms with E-state index in [1.807, 2.05) is 18.7 Å². The molecule has 0 heterocycles. The molecule has 0 atom stereocenters. The van der Waals surface area contributed by atoms with Gasteiger partial charge in [0.1, 0.15) is 0 Å². The van der Waals surface area contributed by atoms with Crippen molar-refractivity contribution < 1.29 is 4.79 Å². The summed E-state index contributed by atoms with van der Waals surface area (Å²) in [6.07, 6.45) is 2.86. The number of hydrogen-bond acceptors (Lipinski definition) is 3. The average Bonchev–Trinajstić information content (AvgIpc) is 2.21. The molecule has 0 bridgehead atoms. The first-order chi connectivity index (χ1) is 10.5. The summed E-state index contributed by atoms with van der Waals surface area (Å²) >= 11 is 0. The normalized spacial score (nSPS) is 14.0. The Morgan fingerprint density at radius 1 is 0.958 bits per heavy atom. The van der Waals surface area contributed by atoms with Crippen LogP contribution in [-0.4, -0.2) is 40.5 Å². The molecule has 0 aromatic heterocycles. The van der Waals surface area contributed by atoms with Gasteiger partial charge in [-0.25, -0.2) is 0 Å². The molecule has 0 rings (SSSR count). The lowest BCUT2D eigenvalue weighted by Crippen LogP contribution is -2.51. The average molecular weight is 342 g/mol. The highest BCUT2D eigenvalue weighted by Crippen LogP contribution is 2.35. The minimum absolute atomic E-state index is 0.132. The van der Waals surface area contributed by atoms with Gasteiger partial charge in [-0.05, 0) is 79.7 Å². The molecule has 3 N–H and O–H groups in total. The number of carbonyl (C=O) groups excluding carboxylic acids is 1. The number of rotatable bonds is 9. The van der Waals surface area contributed by atoms with E-state index in [0.717, 1.165) is 25.8 Å². The molecule has 0 aromatic carbocycles. The molecule has 0 fully saturated rings. The summed E-state index contributed by atoms with van der Waals surface area (Å²) in [4.78, 5) is 14.2. The lowest BCUT2D eigenvalue weighted by molar-refractivity contribution is -0.135. The molecule has 4 heteroatoms. The van der Waals surface area contributed by atoms with E-state index >= 15 is 0 Å². The molecule has 0 aliphatic carbocycles. The number of hydrogen-bond donors (Lipinski definition) is 2.